The zero-order valence-electron chi connectivity index (χ0n) is 21.4. The molecule has 0 aromatic carbocycles. The molecule has 0 aliphatic carbocycles. The first-order valence-electron chi connectivity index (χ1n) is 11.8. The van der Waals surface area contributed by atoms with Crippen molar-refractivity contribution in [1.82, 2.24) is 15.5 Å². The molecular weight excluding hydrogens is 571 g/mol. The molecule has 38 heavy (non-hydrogen) atoms. The first kappa shape index (κ1) is 35.6. The Labute approximate surface area is 232 Å². The summed E-state index contributed by atoms with van der Waals surface area (Å²) in [5.74, 6) is -4.47. The number of halogens is 2. The van der Waals surface area contributed by atoms with E-state index in [4.69, 9.17) is 43.1 Å². The molecule has 3 amide bonds. The van der Waals surface area contributed by atoms with Crippen molar-refractivity contribution in [3.63, 3.8) is 0 Å². The number of carbonyl (C=O) groups is 5. The van der Waals surface area contributed by atoms with Crippen LogP contribution >= 0.6 is 23.2 Å². The molecule has 0 aromatic heterocycles. The molecule has 17 heteroatoms. The van der Waals surface area contributed by atoms with Gasteiger partial charge in [0.15, 0.2) is 9.84 Å². The van der Waals surface area contributed by atoms with Gasteiger partial charge in [-0.3, -0.25) is 19.2 Å². The number of nitrogens with one attached hydrogen (secondary N) is 2. The summed E-state index contributed by atoms with van der Waals surface area (Å²) < 4.78 is 39.7. The molecule has 0 rings (SSSR count). The van der Waals surface area contributed by atoms with E-state index in [1.54, 1.807) is 13.8 Å². The molecule has 0 bridgehead atoms. The van der Waals surface area contributed by atoms with Crippen molar-refractivity contribution in [2.24, 2.45) is 5.73 Å². The number of alkyl halides is 2. The van der Waals surface area contributed by atoms with Gasteiger partial charge in [0, 0.05) is 31.3 Å². The summed E-state index contributed by atoms with van der Waals surface area (Å²) >= 11 is 11.2. The first-order chi connectivity index (χ1) is 17.9. The second-order valence-corrected chi connectivity index (χ2v) is 10.6. The van der Waals surface area contributed by atoms with E-state index in [1.165, 1.54) is 4.90 Å². The highest BCUT2D eigenvalue weighted by Crippen LogP contribution is 2.03. The molecule has 0 heterocycles. The Hall–Kier alpha value is -2.36. The molecule has 4 N–H and O–H groups in total. The molecule has 0 aliphatic heterocycles. The minimum Gasteiger partial charge on any atom is -0.465 e. The molecule has 0 aliphatic rings. The van der Waals surface area contributed by atoms with Gasteiger partial charge < -0.3 is 35.5 Å². The van der Waals surface area contributed by atoms with Crippen LogP contribution < -0.4 is 16.4 Å². The van der Waals surface area contributed by atoms with Gasteiger partial charge in [0.25, 0.3) is 0 Å². The van der Waals surface area contributed by atoms with Gasteiger partial charge in [0.2, 0.25) is 11.8 Å². The molecule has 0 fully saturated rings. The van der Waals surface area contributed by atoms with E-state index in [0.717, 1.165) is 0 Å². The van der Waals surface area contributed by atoms with E-state index in [9.17, 15) is 32.4 Å². The summed E-state index contributed by atoms with van der Waals surface area (Å²) in [6.45, 7) is 2.54. The fraction of sp³-hybridized carbons (Fsp3) is 0.762. The number of hydrogen-bond acceptors (Lipinski definition) is 11. The van der Waals surface area contributed by atoms with Crippen molar-refractivity contribution < 1.29 is 46.6 Å². The van der Waals surface area contributed by atoms with Gasteiger partial charge in [-0.25, -0.2) is 13.2 Å². The van der Waals surface area contributed by atoms with Crippen molar-refractivity contribution in [2.45, 2.75) is 38.8 Å². The highest BCUT2D eigenvalue weighted by Gasteiger charge is 2.28. The van der Waals surface area contributed by atoms with Gasteiger partial charge in [-0.2, -0.15) is 0 Å². The quantitative estimate of drug-likeness (QED) is 0.0939. The molecule has 0 saturated heterocycles. The summed E-state index contributed by atoms with van der Waals surface area (Å²) in [7, 11) is -4.06. The number of sulfone groups is 1. The zero-order valence-corrected chi connectivity index (χ0v) is 23.7. The molecule has 0 aromatic rings. The molecule has 0 spiro atoms. The van der Waals surface area contributed by atoms with Crippen LogP contribution in [-0.4, -0.2) is 118 Å². The van der Waals surface area contributed by atoms with Gasteiger partial charge in [-0.15, -0.1) is 23.2 Å². The highest BCUT2D eigenvalue weighted by molar-refractivity contribution is 7.91. The third-order valence-corrected chi connectivity index (χ3v) is 6.61. The molecule has 0 radical (unpaired) electrons. The Morgan fingerprint density at radius 3 is 2.13 bits per heavy atom. The minimum absolute atomic E-state index is 0.0654. The molecule has 2 atom stereocenters. The summed E-state index contributed by atoms with van der Waals surface area (Å²) in [5.41, 5.74) is 5.65. The number of rotatable bonds is 19. The Morgan fingerprint density at radius 1 is 0.974 bits per heavy atom. The van der Waals surface area contributed by atoms with E-state index < -0.39 is 76.4 Å². The van der Waals surface area contributed by atoms with E-state index >= 15 is 0 Å². The van der Waals surface area contributed by atoms with Crippen molar-refractivity contribution in [1.29, 1.82) is 0 Å². The van der Waals surface area contributed by atoms with Gasteiger partial charge in [0.05, 0.1) is 24.7 Å². The minimum atomic E-state index is -4.06. The Kier molecular flexibility index (Phi) is 18.4. The van der Waals surface area contributed by atoms with Crippen LogP contribution in [0.1, 0.15) is 26.7 Å². The van der Waals surface area contributed by atoms with E-state index in [2.05, 4.69) is 10.6 Å². The van der Waals surface area contributed by atoms with Crippen LogP contribution in [-0.2, 0) is 43.2 Å². The van der Waals surface area contributed by atoms with E-state index in [1.807, 2.05) is 0 Å². The van der Waals surface area contributed by atoms with Crippen LogP contribution in [0.3, 0.4) is 0 Å². The normalized spacial score (nSPS) is 12.6. The van der Waals surface area contributed by atoms with Crippen molar-refractivity contribution >= 4 is 62.9 Å². The molecule has 14 nitrogen and oxygen atoms in total. The lowest BCUT2D eigenvalue weighted by atomic mass is 10.1. The number of carbonyl (C=O) groups excluding carboxylic acids is 5. The smallest absolute Gasteiger partial charge is 0.409 e. The Balaban J connectivity index is 5.22. The van der Waals surface area contributed by atoms with Crippen molar-refractivity contribution in [3.05, 3.63) is 0 Å². The zero-order chi connectivity index (χ0) is 29.1. The second-order valence-electron chi connectivity index (χ2n) is 7.63. The topological polar surface area (TPSA) is 200 Å². The van der Waals surface area contributed by atoms with Crippen LogP contribution in [0.4, 0.5) is 4.79 Å². The standard InChI is InChI=1S/C21H36Cl2N4O10S/c1-3-35-18(29)13-25-19(30)16(26-17(28)6-5-15(24)20(31)36-4-2)14-38(33,34)12-11-37-21(32)27(9-7-22)10-8-23/h15-16H,3-14,24H2,1-2H3,(H,25,30)(H,26,28)/t15-,16-/m0/s1. The maximum absolute atomic E-state index is 12.6. The van der Waals surface area contributed by atoms with E-state index in [-0.39, 0.29) is 50.9 Å². The number of nitrogens with zero attached hydrogens (tertiary/aromatic N) is 1. The predicted octanol–water partition coefficient (Wildman–Crippen LogP) is -0.848. The lowest BCUT2D eigenvalue weighted by Gasteiger charge is -2.21. The van der Waals surface area contributed by atoms with Crippen LogP contribution in [0.5, 0.6) is 0 Å². The maximum Gasteiger partial charge on any atom is 0.409 e. The van der Waals surface area contributed by atoms with Gasteiger partial charge in [-0.1, -0.05) is 0 Å². The molecular formula is C21H36Cl2N4O10S. The third-order valence-electron chi connectivity index (χ3n) is 4.64. The summed E-state index contributed by atoms with van der Waals surface area (Å²) in [4.78, 5) is 61.5. The van der Waals surface area contributed by atoms with Crippen molar-refractivity contribution in [2.75, 3.05) is 62.7 Å². The fourth-order valence-electron chi connectivity index (χ4n) is 2.78. The molecule has 0 unspecified atom stereocenters. The Bertz CT molecular complexity index is 885. The molecule has 220 valence electrons. The monoisotopic (exact) mass is 606 g/mol. The number of hydrogen-bond donors (Lipinski definition) is 3. The van der Waals surface area contributed by atoms with Crippen molar-refractivity contribution in [3.8, 4) is 0 Å². The summed E-state index contributed by atoms with van der Waals surface area (Å²) in [6, 6.07) is -2.69. The first-order valence-corrected chi connectivity index (χ1v) is 14.7. The Morgan fingerprint density at radius 2 is 1.58 bits per heavy atom. The van der Waals surface area contributed by atoms with Crippen LogP contribution in [0.25, 0.3) is 0 Å². The largest absolute Gasteiger partial charge is 0.465 e. The summed E-state index contributed by atoms with van der Waals surface area (Å²) in [5, 5.41) is 4.47. The lowest BCUT2D eigenvalue weighted by molar-refractivity contribution is -0.145. The predicted molar refractivity (Wildman–Crippen MR) is 138 cm³/mol. The van der Waals surface area contributed by atoms with Gasteiger partial charge in [0.1, 0.15) is 25.2 Å². The average molecular weight is 608 g/mol. The number of esters is 2. The number of nitrogens with two attached hydrogens (primary N) is 1. The average Bonchev–Trinajstić information content (AvgIpc) is 2.85. The maximum atomic E-state index is 12.6. The van der Waals surface area contributed by atoms with Crippen LogP contribution in [0.15, 0.2) is 0 Å². The third kappa shape index (κ3) is 15.8. The summed E-state index contributed by atoms with van der Waals surface area (Å²) in [6.07, 6.45) is -1.24. The van der Waals surface area contributed by atoms with E-state index in [0.29, 0.717) is 0 Å². The van der Waals surface area contributed by atoms with Crippen LogP contribution in [0.2, 0.25) is 0 Å². The second kappa shape index (κ2) is 19.7. The number of amides is 3. The number of ether oxygens (including phenoxy) is 3. The van der Waals surface area contributed by atoms with Gasteiger partial charge in [-0.05, 0) is 20.3 Å². The fourth-order valence-corrected chi connectivity index (χ4v) is 4.44. The van der Waals surface area contributed by atoms with Crippen LogP contribution in [0, 0.1) is 0 Å². The molecule has 0 saturated carbocycles. The SMILES string of the molecule is CCOC(=O)CNC(=O)[C@H](CS(=O)(=O)CCOC(=O)N(CCCl)CCCl)NC(=O)CC[C@H](N)C(=O)OCC. The van der Waals surface area contributed by atoms with Gasteiger partial charge >= 0.3 is 18.0 Å². The lowest BCUT2D eigenvalue weighted by Crippen LogP contribution is -2.52. The highest BCUT2D eigenvalue weighted by atomic mass is 35.5.